The summed E-state index contributed by atoms with van der Waals surface area (Å²) in [4.78, 5) is 16.3. The van der Waals surface area contributed by atoms with Gasteiger partial charge in [-0.05, 0) is 55.3 Å². The van der Waals surface area contributed by atoms with E-state index in [1.807, 2.05) is 54.6 Å². The smallest absolute Gasteiger partial charge is 0.256 e. The zero-order valence-electron chi connectivity index (χ0n) is 16.5. The van der Waals surface area contributed by atoms with Crippen LogP contribution in [-0.2, 0) is 7.05 Å². The number of likely N-dealkylation sites (tertiary alicyclic amines) is 1. The van der Waals surface area contributed by atoms with Gasteiger partial charge >= 0.3 is 0 Å². The van der Waals surface area contributed by atoms with Crippen LogP contribution in [0.2, 0.25) is 0 Å². The van der Waals surface area contributed by atoms with Gasteiger partial charge in [-0.15, -0.1) is 11.3 Å². The molecule has 5 nitrogen and oxygen atoms in total. The highest BCUT2D eigenvalue weighted by atomic mass is 32.1. The number of amides is 1. The van der Waals surface area contributed by atoms with Crippen LogP contribution in [0.4, 0.5) is 0 Å². The Bertz CT molecular complexity index is 985. The third kappa shape index (κ3) is 3.20. The van der Waals surface area contributed by atoms with Gasteiger partial charge in [0.2, 0.25) is 0 Å². The zero-order valence-corrected chi connectivity index (χ0v) is 17.3. The van der Waals surface area contributed by atoms with Crippen LogP contribution in [0.25, 0.3) is 10.9 Å². The molecule has 3 aromatic rings. The van der Waals surface area contributed by atoms with Gasteiger partial charge < -0.3 is 19.3 Å². The molecule has 4 rings (SSSR count). The standard InChI is InChI=1S/C22H26N2O3S/c1-14-20(17-13-16(27-3)6-7-18(17)23(14)2)22(26)24-10-8-15(9-11-24)21(25)19-5-4-12-28-19/h4-7,12-13,15,21,25H,8-11H2,1-3H3. The van der Waals surface area contributed by atoms with Crippen molar-refractivity contribution >= 4 is 28.1 Å². The molecule has 1 aliphatic rings. The van der Waals surface area contributed by atoms with E-state index in [4.69, 9.17) is 4.74 Å². The van der Waals surface area contributed by atoms with E-state index in [0.717, 1.165) is 45.6 Å². The van der Waals surface area contributed by atoms with Crippen molar-refractivity contribution in [2.75, 3.05) is 20.2 Å². The number of aliphatic hydroxyl groups excluding tert-OH is 1. The monoisotopic (exact) mass is 398 g/mol. The molecule has 3 heterocycles. The normalized spacial score (nSPS) is 16.5. The SMILES string of the molecule is COc1ccc2c(c1)c(C(=O)N1CCC(C(O)c3cccs3)CC1)c(C)n2C. The molecule has 2 aromatic heterocycles. The van der Waals surface area contributed by atoms with Gasteiger partial charge in [-0.3, -0.25) is 4.79 Å². The number of carbonyl (C=O) groups excluding carboxylic acids is 1. The topological polar surface area (TPSA) is 54.7 Å². The average molecular weight is 399 g/mol. The fourth-order valence-corrected chi connectivity index (χ4v) is 5.02. The molecule has 148 valence electrons. The second-order valence-electron chi connectivity index (χ2n) is 7.49. The Balaban J connectivity index is 1.55. The molecule has 1 saturated heterocycles. The Labute approximate surface area is 169 Å². The first-order chi connectivity index (χ1) is 13.5. The van der Waals surface area contributed by atoms with E-state index in [0.29, 0.717) is 13.1 Å². The number of aromatic nitrogens is 1. The Hall–Kier alpha value is -2.31. The van der Waals surface area contributed by atoms with Crippen LogP contribution in [0.15, 0.2) is 35.7 Å². The summed E-state index contributed by atoms with van der Waals surface area (Å²) < 4.78 is 7.43. The predicted molar refractivity (Wildman–Crippen MR) is 112 cm³/mol. The highest BCUT2D eigenvalue weighted by Gasteiger charge is 2.31. The molecule has 0 spiro atoms. The number of nitrogens with zero attached hydrogens (tertiary/aromatic N) is 2. The number of thiophene rings is 1. The van der Waals surface area contributed by atoms with Crippen LogP contribution in [-0.4, -0.2) is 40.7 Å². The van der Waals surface area contributed by atoms with Gasteiger partial charge in [0.25, 0.3) is 5.91 Å². The Morgan fingerprint density at radius 3 is 2.68 bits per heavy atom. The van der Waals surface area contributed by atoms with Crippen LogP contribution in [0.5, 0.6) is 5.75 Å². The molecule has 1 fully saturated rings. The molecule has 0 aliphatic carbocycles. The molecule has 0 bridgehead atoms. The first-order valence-corrected chi connectivity index (χ1v) is 10.5. The van der Waals surface area contributed by atoms with E-state index >= 15 is 0 Å². The van der Waals surface area contributed by atoms with E-state index in [2.05, 4.69) is 4.57 Å². The second-order valence-corrected chi connectivity index (χ2v) is 8.47. The minimum atomic E-state index is -0.430. The number of carbonyl (C=O) groups is 1. The number of methoxy groups -OCH3 is 1. The minimum Gasteiger partial charge on any atom is -0.497 e. The molecular weight excluding hydrogens is 372 g/mol. The maximum atomic E-state index is 13.4. The van der Waals surface area contributed by atoms with E-state index in [-0.39, 0.29) is 11.8 Å². The van der Waals surface area contributed by atoms with Crippen LogP contribution in [0, 0.1) is 12.8 Å². The lowest BCUT2D eigenvalue weighted by molar-refractivity contribution is 0.0474. The van der Waals surface area contributed by atoms with Crippen molar-refractivity contribution in [3.05, 3.63) is 51.8 Å². The quantitative estimate of drug-likeness (QED) is 0.719. The number of fused-ring (bicyclic) bond motifs is 1. The summed E-state index contributed by atoms with van der Waals surface area (Å²) in [5, 5.41) is 13.5. The van der Waals surface area contributed by atoms with Gasteiger partial charge in [0.15, 0.2) is 0 Å². The van der Waals surface area contributed by atoms with Crippen molar-refractivity contribution in [3.8, 4) is 5.75 Å². The molecule has 0 saturated carbocycles. The highest BCUT2D eigenvalue weighted by molar-refractivity contribution is 7.10. The van der Waals surface area contributed by atoms with Crippen LogP contribution in [0.1, 0.15) is 39.9 Å². The molecule has 6 heteroatoms. The molecule has 1 amide bonds. The molecule has 1 N–H and O–H groups in total. The first kappa shape index (κ1) is 19.0. The number of hydrogen-bond acceptors (Lipinski definition) is 4. The van der Waals surface area contributed by atoms with Crippen molar-refractivity contribution in [2.24, 2.45) is 13.0 Å². The lowest BCUT2D eigenvalue weighted by Gasteiger charge is -2.34. The number of piperidine rings is 1. The van der Waals surface area contributed by atoms with Crippen LogP contribution in [0.3, 0.4) is 0 Å². The second kappa shape index (κ2) is 7.60. The summed E-state index contributed by atoms with van der Waals surface area (Å²) in [6.45, 7) is 3.34. The molecule has 28 heavy (non-hydrogen) atoms. The van der Waals surface area contributed by atoms with Gasteiger partial charge in [0.1, 0.15) is 5.75 Å². The van der Waals surface area contributed by atoms with Crippen LogP contribution < -0.4 is 4.74 Å². The lowest BCUT2D eigenvalue weighted by Crippen LogP contribution is -2.40. The van der Waals surface area contributed by atoms with E-state index in [1.54, 1.807) is 18.4 Å². The number of hydrogen-bond donors (Lipinski definition) is 1. The largest absolute Gasteiger partial charge is 0.497 e. The average Bonchev–Trinajstić information content (AvgIpc) is 3.34. The summed E-state index contributed by atoms with van der Waals surface area (Å²) in [5.41, 5.74) is 2.76. The Morgan fingerprint density at radius 1 is 1.29 bits per heavy atom. The summed E-state index contributed by atoms with van der Waals surface area (Å²) >= 11 is 1.59. The summed E-state index contributed by atoms with van der Waals surface area (Å²) in [5.74, 6) is 1.03. The van der Waals surface area contributed by atoms with Gasteiger partial charge in [-0.2, -0.15) is 0 Å². The van der Waals surface area contributed by atoms with Crippen molar-refractivity contribution in [3.63, 3.8) is 0 Å². The predicted octanol–water partition coefficient (Wildman–Crippen LogP) is 4.14. The molecule has 1 atom stereocenters. The van der Waals surface area contributed by atoms with Gasteiger partial charge in [0.05, 0.1) is 18.8 Å². The minimum absolute atomic E-state index is 0.0698. The van der Waals surface area contributed by atoms with Crippen molar-refractivity contribution in [1.82, 2.24) is 9.47 Å². The van der Waals surface area contributed by atoms with Crippen molar-refractivity contribution in [1.29, 1.82) is 0 Å². The number of rotatable bonds is 4. The van der Waals surface area contributed by atoms with Crippen molar-refractivity contribution in [2.45, 2.75) is 25.9 Å². The fourth-order valence-electron chi connectivity index (χ4n) is 4.22. The molecule has 1 aliphatic heterocycles. The number of benzene rings is 1. The fraction of sp³-hybridized carbons (Fsp3) is 0.409. The van der Waals surface area contributed by atoms with E-state index in [1.165, 1.54) is 0 Å². The highest BCUT2D eigenvalue weighted by Crippen LogP contribution is 2.35. The summed E-state index contributed by atoms with van der Waals surface area (Å²) in [6, 6.07) is 9.83. The van der Waals surface area contributed by atoms with Gasteiger partial charge in [0, 0.05) is 41.6 Å². The number of aryl methyl sites for hydroxylation is 1. The van der Waals surface area contributed by atoms with E-state index < -0.39 is 6.10 Å². The lowest BCUT2D eigenvalue weighted by atomic mass is 9.90. The van der Waals surface area contributed by atoms with Gasteiger partial charge in [-0.25, -0.2) is 0 Å². The maximum absolute atomic E-state index is 13.4. The number of aliphatic hydroxyl groups is 1. The van der Waals surface area contributed by atoms with E-state index in [9.17, 15) is 9.90 Å². The third-order valence-corrected chi connectivity index (χ3v) is 6.96. The maximum Gasteiger partial charge on any atom is 0.256 e. The number of ether oxygens (including phenoxy) is 1. The molecule has 1 aromatic carbocycles. The van der Waals surface area contributed by atoms with Crippen LogP contribution >= 0.6 is 11.3 Å². The Kier molecular flexibility index (Phi) is 5.17. The third-order valence-electron chi connectivity index (χ3n) is 6.02. The molecule has 0 radical (unpaired) electrons. The molecular formula is C22H26N2O3S. The first-order valence-electron chi connectivity index (χ1n) is 9.65. The summed E-state index contributed by atoms with van der Waals surface area (Å²) in [7, 11) is 3.63. The molecule has 1 unspecified atom stereocenters. The zero-order chi connectivity index (χ0) is 19.8. The van der Waals surface area contributed by atoms with Gasteiger partial charge in [-0.1, -0.05) is 6.07 Å². The van der Waals surface area contributed by atoms with Crippen molar-refractivity contribution < 1.29 is 14.6 Å². The summed E-state index contributed by atoms with van der Waals surface area (Å²) in [6.07, 6.45) is 1.20. The Morgan fingerprint density at radius 2 is 2.04 bits per heavy atom.